The molecule has 1 aliphatic heterocycles. The summed E-state index contributed by atoms with van der Waals surface area (Å²) in [5.74, 6) is 0.411. The average molecular weight is 489 g/mol. The minimum absolute atomic E-state index is 0.0279. The van der Waals surface area contributed by atoms with Crippen LogP contribution in [0.4, 0.5) is 5.69 Å². The molecule has 1 amide bonds. The predicted molar refractivity (Wildman–Crippen MR) is 134 cm³/mol. The van der Waals surface area contributed by atoms with Crippen LogP contribution in [-0.4, -0.2) is 23.1 Å². The molecule has 0 spiro atoms. The molecule has 176 valence electrons. The van der Waals surface area contributed by atoms with E-state index in [1.54, 1.807) is 47.0 Å². The smallest absolute Gasteiger partial charge is 0.244 e. The van der Waals surface area contributed by atoms with Gasteiger partial charge < -0.3 is 19.4 Å². The highest BCUT2D eigenvalue weighted by atomic mass is 35.5. The van der Waals surface area contributed by atoms with E-state index in [1.165, 1.54) is 12.3 Å². The molecular weight excluding hydrogens is 468 g/mol. The van der Waals surface area contributed by atoms with Crippen LogP contribution in [0.25, 0.3) is 10.9 Å². The van der Waals surface area contributed by atoms with Gasteiger partial charge in [-0.05, 0) is 42.3 Å². The van der Waals surface area contributed by atoms with Gasteiger partial charge in [-0.2, -0.15) is 0 Å². The number of benzene rings is 3. The lowest BCUT2D eigenvalue weighted by Gasteiger charge is -2.14. The number of nitrogens with zero attached hydrogens (tertiary/aromatic N) is 1. The molecule has 0 radical (unpaired) electrons. The quantitative estimate of drug-likeness (QED) is 0.393. The molecule has 1 aromatic heterocycles. The number of aryl methyl sites for hydroxylation is 1. The van der Waals surface area contributed by atoms with Crippen LogP contribution in [0.15, 0.2) is 71.7 Å². The second-order valence-electron chi connectivity index (χ2n) is 8.16. The molecule has 8 heteroatoms. The topological polar surface area (TPSA) is 86.6 Å². The number of nitrogens with one attached hydrogen (secondary N) is 1. The van der Waals surface area contributed by atoms with Gasteiger partial charge in [0.1, 0.15) is 6.54 Å². The van der Waals surface area contributed by atoms with E-state index < -0.39 is 11.2 Å². The molecule has 1 N–H and O–H groups in total. The molecule has 0 atom stereocenters. The summed E-state index contributed by atoms with van der Waals surface area (Å²) in [6.45, 7) is 2.04. The van der Waals surface area contributed by atoms with Crippen molar-refractivity contribution in [1.82, 2.24) is 4.57 Å². The Labute approximate surface area is 205 Å². The minimum Gasteiger partial charge on any atom is -0.454 e. The number of aromatic nitrogens is 1. The van der Waals surface area contributed by atoms with Crippen molar-refractivity contribution in [2.45, 2.75) is 19.9 Å². The number of halogens is 1. The lowest BCUT2D eigenvalue weighted by Crippen LogP contribution is -2.24. The first kappa shape index (κ1) is 22.7. The van der Waals surface area contributed by atoms with E-state index >= 15 is 0 Å². The van der Waals surface area contributed by atoms with E-state index in [2.05, 4.69) is 5.32 Å². The Kier molecular flexibility index (Phi) is 6.01. The van der Waals surface area contributed by atoms with Crippen molar-refractivity contribution in [1.29, 1.82) is 0 Å². The van der Waals surface area contributed by atoms with Crippen LogP contribution in [0.3, 0.4) is 0 Å². The number of amides is 1. The van der Waals surface area contributed by atoms with Crippen molar-refractivity contribution in [2.24, 2.45) is 0 Å². The Morgan fingerprint density at radius 1 is 1.00 bits per heavy atom. The number of carbonyl (C=O) groups excluding carboxylic acids is 2. The minimum atomic E-state index is -0.431. The lowest BCUT2D eigenvalue weighted by atomic mass is 10.0. The van der Waals surface area contributed by atoms with Gasteiger partial charge in [-0.1, -0.05) is 42.8 Å². The summed E-state index contributed by atoms with van der Waals surface area (Å²) >= 11 is 6.15. The fraction of sp³-hybridized carbons (Fsp3) is 0.148. The molecule has 0 unspecified atom stereocenters. The summed E-state index contributed by atoms with van der Waals surface area (Å²) in [7, 11) is 0. The molecule has 0 bridgehead atoms. The molecular formula is C27H21ClN2O5. The SMILES string of the molecule is CCc1ccc(C(=O)c2cn(CC(=O)Nc3ccc4c(c3)OCO4)c3ccc(Cl)cc3c2=O)cc1. The van der Waals surface area contributed by atoms with Gasteiger partial charge in [-0.15, -0.1) is 0 Å². The summed E-state index contributed by atoms with van der Waals surface area (Å²) in [6, 6.07) is 17.1. The van der Waals surface area contributed by atoms with Crippen LogP contribution >= 0.6 is 11.6 Å². The van der Waals surface area contributed by atoms with Crippen LogP contribution < -0.4 is 20.2 Å². The fourth-order valence-electron chi connectivity index (χ4n) is 4.04. The van der Waals surface area contributed by atoms with Gasteiger partial charge in [-0.3, -0.25) is 14.4 Å². The molecule has 35 heavy (non-hydrogen) atoms. The van der Waals surface area contributed by atoms with Crippen LogP contribution in [0.5, 0.6) is 11.5 Å². The highest BCUT2D eigenvalue weighted by Crippen LogP contribution is 2.34. The third-order valence-corrected chi connectivity index (χ3v) is 6.12. The first-order valence-corrected chi connectivity index (χ1v) is 11.5. The molecule has 4 aromatic rings. The van der Waals surface area contributed by atoms with Crippen LogP contribution in [-0.2, 0) is 17.8 Å². The first-order chi connectivity index (χ1) is 16.9. The number of carbonyl (C=O) groups is 2. The van der Waals surface area contributed by atoms with Gasteiger partial charge in [0.05, 0.1) is 11.1 Å². The maximum Gasteiger partial charge on any atom is 0.244 e. The summed E-state index contributed by atoms with van der Waals surface area (Å²) < 4.78 is 12.2. The number of hydrogen-bond donors (Lipinski definition) is 1. The second-order valence-corrected chi connectivity index (χ2v) is 8.59. The fourth-order valence-corrected chi connectivity index (χ4v) is 4.21. The highest BCUT2D eigenvalue weighted by Gasteiger charge is 2.19. The van der Waals surface area contributed by atoms with E-state index in [1.807, 2.05) is 19.1 Å². The monoisotopic (exact) mass is 488 g/mol. The average Bonchev–Trinajstić information content (AvgIpc) is 3.33. The number of anilines is 1. The van der Waals surface area contributed by atoms with Gasteiger partial charge >= 0.3 is 0 Å². The van der Waals surface area contributed by atoms with Crippen molar-refractivity contribution in [3.8, 4) is 11.5 Å². The van der Waals surface area contributed by atoms with Crippen molar-refractivity contribution >= 4 is 39.9 Å². The van der Waals surface area contributed by atoms with Crippen LogP contribution in [0.1, 0.15) is 28.4 Å². The van der Waals surface area contributed by atoms with Gasteiger partial charge in [0.2, 0.25) is 18.1 Å². The Bertz CT molecular complexity index is 1530. The Morgan fingerprint density at radius 3 is 2.54 bits per heavy atom. The van der Waals surface area contributed by atoms with E-state index in [4.69, 9.17) is 21.1 Å². The molecule has 2 heterocycles. The zero-order valence-corrected chi connectivity index (χ0v) is 19.6. The third-order valence-electron chi connectivity index (χ3n) is 5.88. The van der Waals surface area contributed by atoms with E-state index in [-0.39, 0.29) is 30.2 Å². The summed E-state index contributed by atoms with van der Waals surface area (Å²) in [5.41, 5.74) is 2.07. The second kappa shape index (κ2) is 9.27. The number of rotatable bonds is 6. The summed E-state index contributed by atoms with van der Waals surface area (Å²) in [6.07, 6.45) is 2.28. The van der Waals surface area contributed by atoms with Crippen molar-refractivity contribution in [2.75, 3.05) is 12.1 Å². The molecule has 5 rings (SSSR count). The number of hydrogen-bond acceptors (Lipinski definition) is 5. The maximum absolute atomic E-state index is 13.3. The van der Waals surface area contributed by atoms with Gasteiger partial charge in [0, 0.05) is 33.9 Å². The Hall–Kier alpha value is -4.10. The number of ketones is 1. The maximum atomic E-state index is 13.3. The summed E-state index contributed by atoms with van der Waals surface area (Å²) in [4.78, 5) is 39.4. The molecule has 0 saturated carbocycles. The number of pyridine rings is 1. The van der Waals surface area contributed by atoms with Gasteiger partial charge in [0.25, 0.3) is 0 Å². The van der Waals surface area contributed by atoms with Gasteiger partial charge in [0.15, 0.2) is 17.3 Å². The number of ether oxygens (including phenoxy) is 2. The Morgan fingerprint density at radius 2 is 1.77 bits per heavy atom. The largest absolute Gasteiger partial charge is 0.454 e. The zero-order valence-electron chi connectivity index (χ0n) is 18.8. The molecule has 0 aliphatic carbocycles. The van der Waals surface area contributed by atoms with Crippen molar-refractivity contribution in [3.05, 3.63) is 98.8 Å². The predicted octanol–water partition coefficient (Wildman–Crippen LogP) is 4.82. The standard InChI is InChI=1S/C27H21ClN2O5/c1-2-16-3-5-17(6-4-16)26(32)21-13-30(22-9-7-18(28)11-20(22)27(21)33)14-25(31)29-19-8-10-23-24(12-19)35-15-34-23/h3-13H,2,14-15H2,1H3,(H,29,31). The molecule has 1 aliphatic rings. The van der Waals surface area contributed by atoms with E-state index in [9.17, 15) is 14.4 Å². The molecule has 0 saturated heterocycles. The van der Waals surface area contributed by atoms with E-state index in [0.717, 1.165) is 12.0 Å². The zero-order chi connectivity index (χ0) is 24.5. The first-order valence-electron chi connectivity index (χ1n) is 11.1. The van der Waals surface area contributed by atoms with Crippen molar-refractivity contribution < 1.29 is 19.1 Å². The summed E-state index contributed by atoms with van der Waals surface area (Å²) in [5, 5.41) is 3.45. The normalized spacial score (nSPS) is 12.1. The highest BCUT2D eigenvalue weighted by molar-refractivity contribution is 6.31. The van der Waals surface area contributed by atoms with Crippen molar-refractivity contribution in [3.63, 3.8) is 0 Å². The number of fused-ring (bicyclic) bond motifs is 2. The third kappa shape index (κ3) is 4.50. The molecule has 0 fully saturated rings. The van der Waals surface area contributed by atoms with Gasteiger partial charge in [-0.25, -0.2) is 0 Å². The van der Waals surface area contributed by atoms with Crippen LogP contribution in [0.2, 0.25) is 5.02 Å². The Balaban J connectivity index is 1.50. The van der Waals surface area contributed by atoms with E-state index in [0.29, 0.717) is 33.3 Å². The lowest BCUT2D eigenvalue weighted by molar-refractivity contribution is -0.116. The van der Waals surface area contributed by atoms with Crippen LogP contribution in [0, 0.1) is 0 Å². The molecule has 3 aromatic carbocycles. The molecule has 7 nitrogen and oxygen atoms in total.